The van der Waals surface area contributed by atoms with Gasteiger partial charge in [0, 0.05) is 18.2 Å². The Morgan fingerprint density at radius 2 is 1.92 bits per heavy atom. The minimum absolute atomic E-state index is 0.201. The summed E-state index contributed by atoms with van der Waals surface area (Å²) >= 11 is 0. The van der Waals surface area contributed by atoms with Gasteiger partial charge in [0.2, 0.25) is 5.76 Å². The summed E-state index contributed by atoms with van der Waals surface area (Å²) in [6.45, 7) is 7.12. The molecule has 130 valence electrons. The normalized spacial score (nSPS) is 10.8. The molecule has 7 nitrogen and oxygen atoms in total. The van der Waals surface area contributed by atoms with Gasteiger partial charge >= 0.3 is 0 Å². The molecule has 3 aromatic rings. The van der Waals surface area contributed by atoms with Gasteiger partial charge in [-0.2, -0.15) is 0 Å². The van der Waals surface area contributed by atoms with Gasteiger partial charge in [0.05, 0.1) is 24.1 Å². The molecule has 3 rings (SSSR count). The Kier molecular flexibility index (Phi) is 4.31. The van der Waals surface area contributed by atoms with Crippen LogP contribution in [0, 0.1) is 27.7 Å². The Bertz CT molecular complexity index is 920. The van der Waals surface area contributed by atoms with Crippen molar-refractivity contribution in [1.82, 2.24) is 10.1 Å². The molecule has 0 aliphatic carbocycles. The van der Waals surface area contributed by atoms with Crippen molar-refractivity contribution >= 4 is 11.6 Å². The summed E-state index contributed by atoms with van der Waals surface area (Å²) in [6.07, 6.45) is 0. The molecule has 0 unspecified atom stereocenters. The van der Waals surface area contributed by atoms with Crippen LogP contribution in [0.2, 0.25) is 0 Å². The molecule has 0 saturated carbocycles. The van der Waals surface area contributed by atoms with Gasteiger partial charge in [-0.05, 0) is 39.0 Å². The van der Waals surface area contributed by atoms with Crippen LogP contribution in [0.25, 0.3) is 11.1 Å². The lowest BCUT2D eigenvalue weighted by atomic mass is 10.0. The Labute approximate surface area is 145 Å². The Balaban J connectivity index is 1.97. The van der Waals surface area contributed by atoms with E-state index in [1.165, 1.54) is 0 Å². The standard InChI is InChI=1S/C18H19N3O4/c1-9-16(11(3)25-21-9)14-8-13(6-7-15(14)23-5)20-18(22)17-10(2)19-12(4)24-17/h6-8H,1-5H3,(H,20,22). The Morgan fingerprint density at radius 1 is 1.16 bits per heavy atom. The number of nitrogens with one attached hydrogen (secondary N) is 1. The summed E-state index contributed by atoms with van der Waals surface area (Å²) in [4.78, 5) is 16.5. The second kappa shape index (κ2) is 6.43. The van der Waals surface area contributed by atoms with Crippen LogP contribution in [0.15, 0.2) is 27.1 Å². The number of ether oxygens (including phenoxy) is 1. The van der Waals surface area contributed by atoms with Gasteiger partial charge in [-0.15, -0.1) is 0 Å². The third kappa shape index (κ3) is 3.13. The first-order valence-electron chi connectivity index (χ1n) is 7.77. The number of anilines is 1. The molecule has 0 fully saturated rings. The fourth-order valence-corrected chi connectivity index (χ4v) is 2.78. The zero-order chi connectivity index (χ0) is 18.1. The molecule has 0 spiro atoms. The third-order valence-electron chi connectivity index (χ3n) is 3.87. The van der Waals surface area contributed by atoms with Crippen LogP contribution >= 0.6 is 0 Å². The van der Waals surface area contributed by atoms with E-state index in [4.69, 9.17) is 13.7 Å². The molecule has 2 aromatic heterocycles. The summed E-state index contributed by atoms with van der Waals surface area (Å²) < 4.78 is 16.0. The van der Waals surface area contributed by atoms with Crippen molar-refractivity contribution in [3.8, 4) is 16.9 Å². The van der Waals surface area contributed by atoms with E-state index in [0.29, 0.717) is 28.8 Å². The highest BCUT2D eigenvalue weighted by Crippen LogP contribution is 2.36. The number of hydrogen-bond donors (Lipinski definition) is 1. The number of nitrogens with zero attached hydrogens (tertiary/aromatic N) is 2. The van der Waals surface area contributed by atoms with Crippen molar-refractivity contribution in [2.45, 2.75) is 27.7 Å². The average molecular weight is 341 g/mol. The molecule has 0 aliphatic heterocycles. The fourth-order valence-electron chi connectivity index (χ4n) is 2.78. The third-order valence-corrected chi connectivity index (χ3v) is 3.87. The number of benzene rings is 1. The first kappa shape index (κ1) is 16.8. The zero-order valence-electron chi connectivity index (χ0n) is 14.8. The van der Waals surface area contributed by atoms with Gasteiger partial charge in [-0.3, -0.25) is 4.79 Å². The molecule has 0 saturated heterocycles. The molecule has 0 atom stereocenters. The molecule has 0 bridgehead atoms. The second-order valence-corrected chi connectivity index (χ2v) is 5.72. The van der Waals surface area contributed by atoms with Gasteiger partial charge in [-0.25, -0.2) is 4.98 Å². The van der Waals surface area contributed by atoms with Crippen LogP contribution in [0.5, 0.6) is 5.75 Å². The quantitative estimate of drug-likeness (QED) is 0.776. The van der Waals surface area contributed by atoms with Crippen LogP contribution in [0.4, 0.5) is 5.69 Å². The highest BCUT2D eigenvalue weighted by Gasteiger charge is 2.19. The predicted molar refractivity (Wildman–Crippen MR) is 91.9 cm³/mol. The van der Waals surface area contributed by atoms with Crippen LogP contribution in [0.1, 0.15) is 33.6 Å². The van der Waals surface area contributed by atoms with Crippen molar-refractivity contribution in [3.05, 3.63) is 47.0 Å². The van der Waals surface area contributed by atoms with Gasteiger partial charge in [-0.1, -0.05) is 5.16 Å². The van der Waals surface area contributed by atoms with E-state index in [0.717, 1.165) is 16.8 Å². The molecule has 1 aromatic carbocycles. The van der Waals surface area contributed by atoms with Crippen molar-refractivity contribution in [3.63, 3.8) is 0 Å². The van der Waals surface area contributed by atoms with E-state index < -0.39 is 0 Å². The zero-order valence-corrected chi connectivity index (χ0v) is 14.8. The highest BCUT2D eigenvalue weighted by molar-refractivity contribution is 6.03. The molecule has 2 heterocycles. The number of methoxy groups -OCH3 is 1. The molecule has 25 heavy (non-hydrogen) atoms. The van der Waals surface area contributed by atoms with E-state index >= 15 is 0 Å². The molecule has 1 amide bonds. The lowest BCUT2D eigenvalue weighted by Gasteiger charge is -2.11. The van der Waals surface area contributed by atoms with Crippen LogP contribution in [-0.4, -0.2) is 23.2 Å². The number of carbonyl (C=O) groups excluding carboxylic acids is 1. The lowest BCUT2D eigenvalue weighted by Crippen LogP contribution is -2.12. The smallest absolute Gasteiger partial charge is 0.293 e. The molecule has 7 heteroatoms. The molecule has 0 aliphatic rings. The molecular weight excluding hydrogens is 322 g/mol. The lowest BCUT2D eigenvalue weighted by molar-refractivity contribution is 0.0994. The van der Waals surface area contributed by atoms with Crippen LogP contribution in [-0.2, 0) is 0 Å². The average Bonchev–Trinajstić information content (AvgIpc) is 3.08. The number of aromatic nitrogens is 2. The Hall–Kier alpha value is -3.09. The first-order valence-corrected chi connectivity index (χ1v) is 7.77. The van der Waals surface area contributed by atoms with Crippen molar-refractivity contribution in [2.24, 2.45) is 0 Å². The van der Waals surface area contributed by atoms with Gasteiger partial charge in [0.15, 0.2) is 5.89 Å². The van der Waals surface area contributed by atoms with Gasteiger partial charge < -0.3 is 19.0 Å². The SMILES string of the molecule is COc1ccc(NC(=O)c2oc(C)nc2C)cc1-c1c(C)noc1C. The van der Waals surface area contributed by atoms with E-state index in [2.05, 4.69) is 15.5 Å². The monoisotopic (exact) mass is 341 g/mol. The maximum absolute atomic E-state index is 12.4. The van der Waals surface area contributed by atoms with E-state index in [1.807, 2.05) is 19.9 Å². The highest BCUT2D eigenvalue weighted by atomic mass is 16.5. The maximum Gasteiger partial charge on any atom is 0.293 e. The minimum atomic E-state index is -0.354. The summed E-state index contributed by atoms with van der Waals surface area (Å²) in [6, 6.07) is 5.37. The number of aryl methyl sites for hydroxylation is 4. The van der Waals surface area contributed by atoms with Gasteiger partial charge in [0.25, 0.3) is 5.91 Å². The number of hydrogen-bond acceptors (Lipinski definition) is 6. The van der Waals surface area contributed by atoms with E-state index in [-0.39, 0.29) is 11.7 Å². The summed E-state index contributed by atoms with van der Waals surface area (Å²) in [5.74, 6) is 1.65. The van der Waals surface area contributed by atoms with E-state index in [9.17, 15) is 4.79 Å². The molecule has 0 radical (unpaired) electrons. The molecular formula is C18H19N3O4. The number of rotatable bonds is 4. The van der Waals surface area contributed by atoms with Crippen molar-refractivity contribution < 1.29 is 18.5 Å². The number of carbonyl (C=O) groups is 1. The fraction of sp³-hybridized carbons (Fsp3) is 0.278. The summed E-state index contributed by atoms with van der Waals surface area (Å²) in [7, 11) is 1.59. The maximum atomic E-state index is 12.4. The van der Waals surface area contributed by atoms with E-state index in [1.54, 1.807) is 33.1 Å². The minimum Gasteiger partial charge on any atom is -0.496 e. The van der Waals surface area contributed by atoms with Crippen LogP contribution in [0.3, 0.4) is 0 Å². The largest absolute Gasteiger partial charge is 0.496 e. The van der Waals surface area contributed by atoms with Gasteiger partial charge in [0.1, 0.15) is 11.5 Å². The summed E-state index contributed by atoms with van der Waals surface area (Å²) in [5.41, 5.74) is 3.55. The Morgan fingerprint density at radius 3 is 2.48 bits per heavy atom. The van der Waals surface area contributed by atoms with Crippen molar-refractivity contribution in [2.75, 3.05) is 12.4 Å². The number of oxazole rings is 1. The number of amides is 1. The predicted octanol–water partition coefficient (Wildman–Crippen LogP) is 3.82. The summed E-state index contributed by atoms with van der Waals surface area (Å²) in [5, 5.41) is 6.81. The first-order chi connectivity index (χ1) is 11.9. The second-order valence-electron chi connectivity index (χ2n) is 5.72. The molecule has 1 N–H and O–H groups in total. The van der Waals surface area contributed by atoms with Crippen LogP contribution < -0.4 is 10.1 Å². The van der Waals surface area contributed by atoms with Crippen molar-refractivity contribution in [1.29, 1.82) is 0 Å². The topological polar surface area (TPSA) is 90.4 Å².